The van der Waals surface area contributed by atoms with E-state index in [1.165, 1.54) is 0 Å². The van der Waals surface area contributed by atoms with Crippen LogP contribution in [0.1, 0.15) is 57.8 Å². The Labute approximate surface area is 396 Å². The van der Waals surface area contributed by atoms with Gasteiger partial charge in [-0.05, 0) is 32.1 Å². The van der Waals surface area contributed by atoms with Crippen molar-refractivity contribution in [2.24, 2.45) is 0 Å². The zero-order valence-electron chi connectivity index (χ0n) is 39.1. The van der Waals surface area contributed by atoms with Crippen LogP contribution in [0.5, 0.6) is 0 Å². The predicted molar refractivity (Wildman–Crippen MR) is 235 cm³/mol. The fourth-order valence-corrected chi connectivity index (χ4v) is 5.80. The lowest BCUT2D eigenvalue weighted by Crippen LogP contribution is -2.49. The van der Waals surface area contributed by atoms with E-state index in [4.69, 9.17) is 47.5 Å². The van der Waals surface area contributed by atoms with E-state index in [-0.39, 0.29) is 90.3 Å². The van der Waals surface area contributed by atoms with Gasteiger partial charge in [0.25, 0.3) is 23.6 Å². The number of carbonyl (C=O) groups excluding carboxylic acids is 9. The average Bonchev–Trinajstić information content (AvgIpc) is 3.82. The molecule has 2 heterocycles. The molecule has 2 rings (SSSR count). The molecular formula is C43H70N6O19. The van der Waals surface area contributed by atoms with Crippen LogP contribution in [0.25, 0.3) is 0 Å². The molecule has 2 aliphatic rings. The standard InChI is InChI=1S/C43H70N6O19/c1-59-16-17-60-18-19-61-20-21-62-22-23-63-24-25-64-26-27-65-28-29-66-30-31-67-33-37(52)45-13-3-2-6-34(47-35(50)7-5-15-48-38(53)9-10-39(48)54)43(58)46-32-36(51)44-14-4-8-42(57)68-49-40(55)11-12-41(49)56/h9-10,34H,2-8,11-33H2,1H3,(H,44,51)(H,45,52)(H,46,58)(H,47,50)/t34-/m0/s1. The molecule has 0 spiro atoms. The molecule has 0 aromatic heterocycles. The number of methoxy groups -OCH3 is 1. The average molecular weight is 975 g/mol. The van der Waals surface area contributed by atoms with E-state index in [1.807, 2.05) is 0 Å². The largest absolute Gasteiger partial charge is 0.382 e. The van der Waals surface area contributed by atoms with Crippen LogP contribution in [-0.4, -0.2) is 215 Å². The lowest BCUT2D eigenvalue weighted by Gasteiger charge is -2.19. The van der Waals surface area contributed by atoms with Crippen molar-refractivity contribution in [1.82, 2.24) is 31.2 Å². The second kappa shape index (κ2) is 38.9. The van der Waals surface area contributed by atoms with Crippen LogP contribution in [0, 0.1) is 0 Å². The molecule has 0 radical (unpaired) electrons. The first-order valence-electron chi connectivity index (χ1n) is 22.8. The smallest absolute Gasteiger partial charge is 0.333 e. The van der Waals surface area contributed by atoms with Gasteiger partial charge in [0, 0.05) is 64.6 Å². The number of amides is 8. The van der Waals surface area contributed by atoms with Gasteiger partial charge in [0.1, 0.15) is 12.6 Å². The minimum atomic E-state index is -1.04. The topological polar surface area (TPSA) is 301 Å². The quantitative estimate of drug-likeness (QED) is 0.0374. The monoisotopic (exact) mass is 974 g/mol. The molecule has 0 unspecified atom stereocenters. The lowest BCUT2D eigenvalue weighted by atomic mass is 10.1. The van der Waals surface area contributed by atoms with Crippen LogP contribution in [-0.2, 0) is 90.6 Å². The summed E-state index contributed by atoms with van der Waals surface area (Å²) in [5.74, 6) is -5.05. The van der Waals surface area contributed by atoms with E-state index < -0.39 is 59.9 Å². The van der Waals surface area contributed by atoms with Crippen molar-refractivity contribution in [2.75, 3.05) is 146 Å². The van der Waals surface area contributed by atoms with Crippen LogP contribution >= 0.6 is 0 Å². The number of nitrogens with one attached hydrogen (secondary N) is 4. The van der Waals surface area contributed by atoms with Crippen LogP contribution in [0.15, 0.2) is 12.2 Å². The number of unbranched alkanes of at least 4 members (excludes halogenated alkanes) is 1. The summed E-state index contributed by atoms with van der Waals surface area (Å²) in [6.07, 6.45) is 3.24. The number of ether oxygens (including phenoxy) is 9. The van der Waals surface area contributed by atoms with Crippen LogP contribution in [0.4, 0.5) is 0 Å². The summed E-state index contributed by atoms with van der Waals surface area (Å²) >= 11 is 0. The highest BCUT2D eigenvalue weighted by atomic mass is 16.7. The molecule has 0 aliphatic carbocycles. The summed E-state index contributed by atoms with van der Waals surface area (Å²) in [6.45, 7) is 6.55. The molecule has 0 bridgehead atoms. The van der Waals surface area contributed by atoms with Crippen molar-refractivity contribution in [2.45, 2.75) is 63.8 Å². The Morgan fingerprint density at radius 1 is 0.544 bits per heavy atom. The Morgan fingerprint density at radius 3 is 1.53 bits per heavy atom. The fraction of sp³-hybridized carbons (Fsp3) is 0.744. The van der Waals surface area contributed by atoms with Crippen molar-refractivity contribution < 1.29 is 90.6 Å². The molecule has 386 valence electrons. The molecule has 0 saturated carbocycles. The van der Waals surface area contributed by atoms with Gasteiger partial charge in [0.05, 0.1) is 112 Å². The summed E-state index contributed by atoms with van der Waals surface area (Å²) in [7, 11) is 1.62. The molecule has 8 amide bonds. The van der Waals surface area contributed by atoms with Gasteiger partial charge in [-0.3, -0.25) is 43.3 Å². The summed E-state index contributed by atoms with van der Waals surface area (Å²) < 4.78 is 48.2. The fourth-order valence-electron chi connectivity index (χ4n) is 5.80. The second-order valence-electron chi connectivity index (χ2n) is 14.8. The molecule has 4 N–H and O–H groups in total. The highest BCUT2D eigenvalue weighted by molar-refractivity contribution is 6.12. The zero-order chi connectivity index (χ0) is 49.5. The number of rotatable bonds is 44. The second-order valence-corrected chi connectivity index (χ2v) is 14.8. The normalized spacial score (nSPS) is 13.9. The molecule has 25 nitrogen and oxygen atoms in total. The first-order valence-corrected chi connectivity index (χ1v) is 22.8. The van der Waals surface area contributed by atoms with Crippen LogP contribution in [0.2, 0.25) is 0 Å². The van der Waals surface area contributed by atoms with Crippen molar-refractivity contribution >= 4 is 53.2 Å². The first-order chi connectivity index (χ1) is 33.0. The summed E-state index contributed by atoms with van der Waals surface area (Å²) in [6, 6.07) is -1.04. The number of carbonyl (C=O) groups is 9. The Balaban J connectivity index is 1.50. The van der Waals surface area contributed by atoms with Crippen molar-refractivity contribution in [3.63, 3.8) is 0 Å². The summed E-state index contributed by atoms with van der Waals surface area (Å²) in [5.41, 5.74) is 0. The Morgan fingerprint density at radius 2 is 1.01 bits per heavy atom. The maximum absolute atomic E-state index is 13.1. The van der Waals surface area contributed by atoms with Gasteiger partial charge in [-0.15, -0.1) is 5.06 Å². The third-order valence-corrected chi connectivity index (χ3v) is 9.35. The van der Waals surface area contributed by atoms with Gasteiger partial charge in [-0.2, -0.15) is 0 Å². The third kappa shape index (κ3) is 29.7. The molecule has 68 heavy (non-hydrogen) atoms. The van der Waals surface area contributed by atoms with Crippen LogP contribution in [0.3, 0.4) is 0 Å². The zero-order valence-corrected chi connectivity index (χ0v) is 39.1. The molecule has 25 heteroatoms. The Kier molecular flexibility index (Phi) is 33.8. The minimum Gasteiger partial charge on any atom is -0.382 e. The number of imide groups is 2. The van der Waals surface area contributed by atoms with Crippen LogP contribution < -0.4 is 21.3 Å². The number of nitrogens with zero attached hydrogens (tertiary/aromatic N) is 2. The third-order valence-electron chi connectivity index (χ3n) is 9.35. The maximum Gasteiger partial charge on any atom is 0.333 e. The number of hydrogen-bond donors (Lipinski definition) is 4. The summed E-state index contributed by atoms with van der Waals surface area (Å²) in [4.78, 5) is 115. The molecule has 1 saturated heterocycles. The maximum atomic E-state index is 13.1. The van der Waals surface area contributed by atoms with Gasteiger partial charge >= 0.3 is 5.97 Å². The molecule has 2 aliphatic heterocycles. The van der Waals surface area contributed by atoms with Gasteiger partial charge in [0.2, 0.25) is 23.6 Å². The van der Waals surface area contributed by atoms with Crippen molar-refractivity contribution in [1.29, 1.82) is 0 Å². The van der Waals surface area contributed by atoms with Crippen molar-refractivity contribution in [3.8, 4) is 0 Å². The molecule has 1 atom stereocenters. The van der Waals surface area contributed by atoms with E-state index in [9.17, 15) is 43.2 Å². The Bertz CT molecular complexity index is 1540. The van der Waals surface area contributed by atoms with E-state index in [0.29, 0.717) is 110 Å². The van der Waals surface area contributed by atoms with E-state index >= 15 is 0 Å². The van der Waals surface area contributed by atoms with Gasteiger partial charge < -0.3 is 68.7 Å². The molecule has 0 aromatic carbocycles. The van der Waals surface area contributed by atoms with Crippen molar-refractivity contribution in [3.05, 3.63) is 12.2 Å². The molecular weight excluding hydrogens is 904 g/mol. The van der Waals surface area contributed by atoms with E-state index in [0.717, 1.165) is 17.1 Å². The number of hydroxylamine groups is 2. The number of hydrogen-bond acceptors (Lipinski definition) is 19. The van der Waals surface area contributed by atoms with Gasteiger partial charge in [-0.1, -0.05) is 0 Å². The highest BCUT2D eigenvalue weighted by Crippen LogP contribution is 2.13. The van der Waals surface area contributed by atoms with E-state index in [1.54, 1.807) is 7.11 Å². The first kappa shape index (κ1) is 59.1. The highest BCUT2D eigenvalue weighted by Gasteiger charge is 2.32. The SMILES string of the molecule is COCCOCCOCCOCCOCCOCCOCCOCCOCC(=O)NCCCC[C@H](NC(=O)CCCN1C(=O)C=CC1=O)C(=O)NCC(=O)NCCCC(=O)ON1C(=O)CCC1=O. The summed E-state index contributed by atoms with van der Waals surface area (Å²) in [5, 5.41) is 10.8. The Hall–Kier alpha value is -4.99. The minimum absolute atomic E-state index is 0.0201. The van der Waals surface area contributed by atoms with Gasteiger partial charge in [0.15, 0.2) is 0 Å². The van der Waals surface area contributed by atoms with E-state index in [2.05, 4.69) is 21.3 Å². The van der Waals surface area contributed by atoms with Gasteiger partial charge in [-0.25, -0.2) is 4.79 Å². The molecule has 1 fully saturated rings. The lowest BCUT2D eigenvalue weighted by molar-refractivity contribution is -0.197. The predicted octanol–water partition coefficient (Wildman–Crippen LogP) is -2.14. The molecule has 0 aromatic rings.